The van der Waals surface area contributed by atoms with Crippen LogP contribution in [0.25, 0.3) is 10.8 Å². The number of benzene rings is 4. The van der Waals surface area contributed by atoms with Gasteiger partial charge in [0.2, 0.25) is 0 Å². The summed E-state index contributed by atoms with van der Waals surface area (Å²) in [7, 11) is -25.6. The van der Waals surface area contributed by atoms with Crippen molar-refractivity contribution in [3.05, 3.63) is 36.4 Å². The number of fused-ring (bicyclic) bond motifs is 1. The molecule has 34 heteroatoms. The molecule has 0 aliphatic carbocycles. The van der Waals surface area contributed by atoms with Gasteiger partial charge in [0.15, 0.2) is 25.4 Å². The first-order valence-electron chi connectivity index (χ1n) is 16.5. The lowest BCUT2D eigenvalue weighted by molar-refractivity contribution is 0.282. The Kier molecular flexibility index (Phi) is 15.2. The van der Waals surface area contributed by atoms with Gasteiger partial charge in [-0.2, -0.15) is 33.7 Å². The van der Waals surface area contributed by atoms with Crippen molar-refractivity contribution in [1.29, 1.82) is 0 Å². The number of hydrogen-bond acceptors (Lipinski definition) is 24. The third-order valence-corrected chi connectivity index (χ3v) is 14.2. The van der Waals surface area contributed by atoms with Crippen LogP contribution < -0.4 is 24.7 Å². The quantitative estimate of drug-likeness (QED) is 0.0421. The molecule has 4 rings (SSSR count). The fourth-order valence-electron chi connectivity index (χ4n) is 5.38. The zero-order valence-electron chi connectivity index (χ0n) is 32.7. The molecule has 0 aliphatic rings. The van der Waals surface area contributed by atoms with Crippen LogP contribution in [0.15, 0.2) is 76.4 Å². The monoisotopic (exact) mass is 1020 g/mol. The van der Waals surface area contributed by atoms with Crippen LogP contribution in [0.1, 0.15) is 0 Å². The molecule has 0 heterocycles. The van der Waals surface area contributed by atoms with E-state index in [0.717, 1.165) is 52.7 Å². The fourth-order valence-corrected chi connectivity index (χ4v) is 10.0. The van der Waals surface area contributed by atoms with Gasteiger partial charge in [-0.15, -0.1) is 20.5 Å². The van der Waals surface area contributed by atoms with Gasteiger partial charge in [-0.1, -0.05) is 0 Å². The summed E-state index contributed by atoms with van der Waals surface area (Å²) in [5.41, 5.74) is 2.59. The Hall–Kier alpha value is -5.40. The Morgan fingerprint density at radius 1 is 0.500 bits per heavy atom. The lowest BCUT2D eigenvalue weighted by Gasteiger charge is -2.15. The van der Waals surface area contributed by atoms with E-state index in [-0.39, 0.29) is 0 Å². The fraction of sp³-hybridized carbons (Fsp3) is 0.267. The molecule has 0 aromatic heterocycles. The van der Waals surface area contributed by atoms with Gasteiger partial charge >= 0.3 is 20.8 Å². The number of phenolic OH excluding ortho intramolecular Hbond substituents is 1. The number of hydrogen-bond donors (Lipinski definition) is 6. The molecule has 4 aromatic rings. The number of phenols is 1. The number of methoxy groups -OCH3 is 4. The predicted octanol–water partition coefficient (Wildman–Crippen LogP) is 2.67. The van der Waals surface area contributed by atoms with Crippen LogP contribution >= 0.6 is 0 Å². The van der Waals surface area contributed by atoms with E-state index < -0.39 is 173 Å². The van der Waals surface area contributed by atoms with Crippen LogP contribution in [-0.2, 0) is 69.1 Å². The van der Waals surface area contributed by atoms with Crippen molar-refractivity contribution in [2.24, 2.45) is 20.5 Å². The van der Waals surface area contributed by atoms with Gasteiger partial charge in [-0.3, -0.25) is 18.2 Å². The standard InChI is InChI=1S/C30H33N5O23S6/c1-53-18-13-22(59(37,38)7-5-57-63(47,48)49)20(55-3)11-16(18)32-34-28-24(61(41,42)43)9-15-10-25(62(44,45)46)29(30(36)26(15)27(28)31)35-33-17-12-21(56-4)23(14-19(17)54-2)60(39,40)8-6-58-64(50,51)52/h9-14,36H,5-8,31H2,1-4H3,(H,41,42,43)(H,44,45,46)(H,47,48,49)(H,50,51,52). The molecular weight excluding hydrogens is 991 g/mol. The Morgan fingerprint density at radius 2 is 0.859 bits per heavy atom. The van der Waals surface area contributed by atoms with Crippen LogP contribution in [0.2, 0.25) is 0 Å². The Labute approximate surface area is 363 Å². The summed E-state index contributed by atoms with van der Waals surface area (Å²) in [6, 6.07) is 4.65. The predicted molar refractivity (Wildman–Crippen MR) is 216 cm³/mol. The van der Waals surface area contributed by atoms with Crippen molar-refractivity contribution in [1.82, 2.24) is 0 Å². The number of azo groups is 2. The molecule has 0 atom stereocenters. The number of nitrogen functional groups attached to an aromatic ring is 1. The number of nitrogens with two attached hydrogens (primary N) is 1. The number of anilines is 1. The van der Waals surface area contributed by atoms with Crippen molar-refractivity contribution in [3.8, 4) is 28.7 Å². The summed E-state index contributed by atoms with van der Waals surface area (Å²) in [6.45, 7) is -2.03. The summed E-state index contributed by atoms with van der Waals surface area (Å²) in [5, 5.41) is 25.4. The maximum Gasteiger partial charge on any atom is 0.397 e. The van der Waals surface area contributed by atoms with E-state index in [1.54, 1.807) is 0 Å². The lowest BCUT2D eigenvalue weighted by Crippen LogP contribution is -2.16. The minimum absolute atomic E-state index is 0.390. The Balaban J connectivity index is 1.94. The highest BCUT2D eigenvalue weighted by atomic mass is 32.3. The normalized spacial score (nSPS) is 13.2. The molecule has 0 saturated heterocycles. The topological polar surface area (TPSA) is 437 Å². The second-order valence-electron chi connectivity index (χ2n) is 12.1. The third-order valence-electron chi connectivity index (χ3n) is 8.15. The van der Waals surface area contributed by atoms with E-state index in [9.17, 15) is 64.7 Å². The molecule has 0 amide bonds. The van der Waals surface area contributed by atoms with Gasteiger partial charge in [0.1, 0.15) is 65.3 Å². The van der Waals surface area contributed by atoms with Crippen molar-refractivity contribution in [2.75, 3.05) is 58.9 Å². The molecule has 0 unspecified atom stereocenters. The smallest absolute Gasteiger partial charge is 0.397 e. The Morgan fingerprint density at radius 3 is 1.20 bits per heavy atom. The highest BCUT2D eigenvalue weighted by molar-refractivity contribution is 7.92. The molecule has 0 bridgehead atoms. The van der Waals surface area contributed by atoms with E-state index in [1.807, 2.05) is 0 Å². The summed E-state index contributed by atoms with van der Waals surface area (Å²) in [5.74, 6) is -4.94. The molecule has 0 fully saturated rings. The molecule has 0 aliphatic heterocycles. The maximum absolute atomic E-state index is 13.0. The highest BCUT2D eigenvalue weighted by Gasteiger charge is 2.30. The zero-order valence-corrected chi connectivity index (χ0v) is 37.6. The van der Waals surface area contributed by atoms with E-state index in [1.165, 1.54) is 0 Å². The highest BCUT2D eigenvalue weighted by Crippen LogP contribution is 2.49. The third kappa shape index (κ3) is 12.0. The van der Waals surface area contributed by atoms with Crippen LogP contribution in [0.5, 0.6) is 28.7 Å². The molecular formula is C30H33N5O23S6. The van der Waals surface area contributed by atoms with E-state index >= 15 is 0 Å². The van der Waals surface area contributed by atoms with Crippen LogP contribution in [0.4, 0.5) is 28.4 Å². The molecule has 7 N–H and O–H groups in total. The van der Waals surface area contributed by atoms with Gasteiger partial charge in [0.25, 0.3) is 20.2 Å². The second kappa shape index (κ2) is 19.0. The molecule has 28 nitrogen and oxygen atoms in total. The summed E-state index contributed by atoms with van der Waals surface area (Å²) >= 11 is 0. The summed E-state index contributed by atoms with van der Waals surface area (Å²) in [4.78, 5) is -3.59. The SMILES string of the molecule is COc1cc(S(=O)(=O)CCOS(=O)(=O)O)c(OC)cc1N=Nc1c(S(=O)(=O)O)cc2cc(S(=O)(=O)O)c(N=Nc3cc(OC)c(S(=O)(=O)CCOS(=O)(=O)O)cc3OC)c(O)c2c1N. The van der Waals surface area contributed by atoms with Crippen LogP contribution in [-0.4, -0.2) is 127 Å². The first-order chi connectivity index (χ1) is 29.4. The molecule has 352 valence electrons. The van der Waals surface area contributed by atoms with Crippen molar-refractivity contribution < 1.29 is 101 Å². The van der Waals surface area contributed by atoms with Gasteiger partial charge in [0.05, 0.1) is 64.2 Å². The van der Waals surface area contributed by atoms with E-state index in [4.69, 9.17) is 33.8 Å². The molecule has 0 radical (unpaired) electrons. The summed E-state index contributed by atoms with van der Waals surface area (Å²) in [6.07, 6.45) is 0. The largest absolute Gasteiger partial charge is 0.505 e. The molecule has 64 heavy (non-hydrogen) atoms. The number of ether oxygens (including phenoxy) is 4. The van der Waals surface area contributed by atoms with Crippen molar-refractivity contribution in [2.45, 2.75) is 19.6 Å². The van der Waals surface area contributed by atoms with E-state index in [2.05, 4.69) is 28.8 Å². The maximum atomic E-state index is 13.0. The van der Waals surface area contributed by atoms with E-state index in [0.29, 0.717) is 12.1 Å². The first kappa shape index (κ1) is 51.2. The number of aromatic hydroxyl groups is 1. The second-order valence-corrected chi connectivity index (χ2v) is 21.3. The van der Waals surface area contributed by atoms with Crippen molar-refractivity contribution in [3.63, 3.8) is 0 Å². The Bertz CT molecular complexity index is 3050. The number of rotatable bonds is 20. The first-order valence-corrected chi connectivity index (χ1v) is 25.4. The van der Waals surface area contributed by atoms with Gasteiger partial charge in [-0.25, -0.2) is 25.2 Å². The van der Waals surface area contributed by atoms with Crippen LogP contribution in [0.3, 0.4) is 0 Å². The van der Waals surface area contributed by atoms with Gasteiger partial charge < -0.3 is 29.8 Å². The average molecular weight is 1020 g/mol. The molecule has 0 saturated carbocycles. The van der Waals surface area contributed by atoms with Gasteiger partial charge in [0, 0.05) is 24.3 Å². The number of nitrogens with zero attached hydrogens (tertiary/aromatic N) is 4. The minimum Gasteiger partial charge on any atom is -0.505 e. The summed E-state index contributed by atoms with van der Waals surface area (Å²) < 4.78 is 213. The molecule has 0 spiro atoms. The van der Waals surface area contributed by atoms with Crippen molar-refractivity contribution >= 4 is 99.9 Å². The number of sulfone groups is 2. The zero-order chi connectivity index (χ0) is 48.4. The minimum atomic E-state index is -5.41. The average Bonchev–Trinajstić information content (AvgIpc) is 3.17. The lowest BCUT2D eigenvalue weighted by atomic mass is 10.1. The van der Waals surface area contributed by atoms with Gasteiger partial charge in [-0.05, 0) is 17.5 Å². The molecule has 4 aromatic carbocycles. The van der Waals surface area contributed by atoms with Crippen LogP contribution in [0, 0.1) is 0 Å².